The molecule has 1 aliphatic rings. The molecule has 0 saturated carbocycles. The van der Waals surface area contributed by atoms with Crippen molar-refractivity contribution in [1.82, 2.24) is 29.6 Å². The van der Waals surface area contributed by atoms with Crippen LogP contribution in [0.25, 0.3) is 0 Å². The Hall–Kier alpha value is -3.69. The molecule has 10 nitrogen and oxygen atoms in total. The average Bonchev–Trinajstić information content (AvgIpc) is 3.12. The molecule has 156 valence electrons. The highest BCUT2D eigenvalue weighted by molar-refractivity contribution is 5.96. The van der Waals surface area contributed by atoms with Crippen molar-refractivity contribution < 1.29 is 19.0 Å². The Bertz CT molecular complexity index is 1050. The van der Waals surface area contributed by atoms with Crippen LogP contribution in [-0.4, -0.2) is 56.3 Å². The van der Waals surface area contributed by atoms with E-state index >= 15 is 0 Å². The Morgan fingerprint density at radius 1 is 1.17 bits per heavy atom. The van der Waals surface area contributed by atoms with Gasteiger partial charge in [-0.2, -0.15) is 10.1 Å². The van der Waals surface area contributed by atoms with Crippen molar-refractivity contribution in [3.63, 3.8) is 0 Å². The third-order valence-corrected chi connectivity index (χ3v) is 4.98. The predicted molar refractivity (Wildman–Crippen MR) is 105 cm³/mol. The standard InChI is InChI=1S/C20H22N6O4/c1-25-16-6-9-26(20(27)13-4-5-17(28-2)23-19(13)29-3)11-14(16)15(24-25)12-30-18-10-21-7-8-22-18/h4-5,7-8,10H,6,9,11-12H2,1-3H3. The maximum Gasteiger partial charge on any atom is 0.259 e. The van der Waals surface area contributed by atoms with Crippen LogP contribution < -0.4 is 14.2 Å². The molecule has 1 amide bonds. The number of hydrogen-bond donors (Lipinski definition) is 0. The van der Waals surface area contributed by atoms with Gasteiger partial charge >= 0.3 is 0 Å². The highest BCUT2D eigenvalue weighted by atomic mass is 16.5. The lowest BCUT2D eigenvalue weighted by Crippen LogP contribution is -2.36. The van der Waals surface area contributed by atoms with Crippen LogP contribution in [0.15, 0.2) is 30.7 Å². The molecule has 10 heteroatoms. The molecule has 4 heterocycles. The fourth-order valence-electron chi connectivity index (χ4n) is 3.49. The van der Waals surface area contributed by atoms with Gasteiger partial charge in [-0.15, -0.1) is 0 Å². The normalized spacial score (nSPS) is 13.0. The van der Waals surface area contributed by atoms with Gasteiger partial charge in [0.05, 0.1) is 20.4 Å². The summed E-state index contributed by atoms with van der Waals surface area (Å²) in [7, 11) is 4.90. The maximum absolute atomic E-state index is 13.2. The Labute approximate surface area is 173 Å². The Morgan fingerprint density at radius 2 is 2.03 bits per heavy atom. The number of rotatable bonds is 6. The van der Waals surface area contributed by atoms with Gasteiger partial charge in [0.25, 0.3) is 5.91 Å². The predicted octanol–water partition coefficient (Wildman–Crippen LogP) is 1.40. The number of carbonyl (C=O) groups is 1. The quantitative estimate of drug-likeness (QED) is 0.601. The van der Waals surface area contributed by atoms with Crippen molar-refractivity contribution >= 4 is 5.91 Å². The number of pyridine rings is 1. The molecule has 0 saturated heterocycles. The van der Waals surface area contributed by atoms with Gasteiger partial charge in [0.2, 0.25) is 17.6 Å². The van der Waals surface area contributed by atoms with Crippen LogP contribution in [-0.2, 0) is 26.6 Å². The van der Waals surface area contributed by atoms with E-state index in [1.807, 2.05) is 11.7 Å². The summed E-state index contributed by atoms with van der Waals surface area (Å²) in [6, 6.07) is 3.32. The molecule has 0 bridgehead atoms. The van der Waals surface area contributed by atoms with E-state index < -0.39 is 0 Å². The molecule has 0 aromatic carbocycles. The first kappa shape index (κ1) is 19.6. The van der Waals surface area contributed by atoms with Crippen LogP contribution in [0, 0.1) is 0 Å². The number of carbonyl (C=O) groups excluding carboxylic acids is 1. The Kier molecular flexibility index (Phi) is 5.46. The van der Waals surface area contributed by atoms with E-state index in [1.54, 1.807) is 35.6 Å². The van der Waals surface area contributed by atoms with Gasteiger partial charge in [0.1, 0.15) is 17.9 Å². The fourth-order valence-corrected chi connectivity index (χ4v) is 3.49. The second-order valence-electron chi connectivity index (χ2n) is 6.72. The van der Waals surface area contributed by atoms with Gasteiger partial charge < -0.3 is 19.1 Å². The lowest BCUT2D eigenvalue weighted by atomic mass is 10.0. The number of fused-ring (bicyclic) bond motifs is 1. The minimum atomic E-state index is -0.155. The number of aryl methyl sites for hydroxylation is 1. The van der Waals surface area contributed by atoms with Gasteiger partial charge in [-0.3, -0.25) is 14.5 Å². The minimum Gasteiger partial charge on any atom is -0.481 e. The highest BCUT2D eigenvalue weighted by Gasteiger charge is 2.29. The van der Waals surface area contributed by atoms with Crippen molar-refractivity contribution in [2.45, 2.75) is 19.6 Å². The summed E-state index contributed by atoms with van der Waals surface area (Å²) < 4.78 is 18.0. The van der Waals surface area contributed by atoms with Crippen molar-refractivity contribution in [3.8, 4) is 17.6 Å². The van der Waals surface area contributed by atoms with Gasteiger partial charge in [-0.25, -0.2) is 4.98 Å². The van der Waals surface area contributed by atoms with Crippen LogP contribution >= 0.6 is 0 Å². The number of ether oxygens (including phenoxy) is 3. The smallest absolute Gasteiger partial charge is 0.259 e. The summed E-state index contributed by atoms with van der Waals surface area (Å²) in [6.07, 6.45) is 5.40. The van der Waals surface area contributed by atoms with E-state index in [2.05, 4.69) is 20.1 Å². The molecule has 1 aliphatic heterocycles. The number of hydrogen-bond acceptors (Lipinski definition) is 8. The monoisotopic (exact) mass is 410 g/mol. The maximum atomic E-state index is 13.2. The number of nitrogens with zero attached hydrogens (tertiary/aromatic N) is 6. The van der Waals surface area contributed by atoms with Gasteiger partial charge in [0, 0.05) is 56.3 Å². The zero-order chi connectivity index (χ0) is 21.1. The Balaban J connectivity index is 1.55. The summed E-state index contributed by atoms with van der Waals surface area (Å²) in [5.41, 5.74) is 3.25. The van der Waals surface area contributed by atoms with E-state index in [9.17, 15) is 4.79 Å². The lowest BCUT2D eigenvalue weighted by Gasteiger charge is -2.28. The first-order valence-corrected chi connectivity index (χ1v) is 9.41. The van der Waals surface area contributed by atoms with Crippen LogP contribution in [0.2, 0.25) is 0 Å². The number of methoxy groups -OCH3 is 2. The zero-order valence-electron chi connectivity index (χ0n) is 17.0. The summed E-state index contributed by atoms with van der Waals surface area (Å²) in [4.78, 5) is 27.3. The average molecular weight is 410 g/mol. The number of aromatic nitrogens is 5. The fraction of sp³-hybridized carbons (Fsp3) is 0.350. The van der Waals surface area contributed by atoms with E-state index in [0.717, 1.165) is 17.0 Å². The highest BCUT2D eigenvalue weighted by Crippen LogP contribution is 2.27. The molecule has 30 heavy (non-hydrogen) atoms. The summed E-state index contributed by atoms with van der Waals surface area (Å²) in [5.74, 6) is 0.898. The van der Waals surface area contributed by atoms with Crippen LogP contribution in [0.1, 0.15) is 27.3 Å². The van der Waals surface area contributed by atoms with Gasteiger partial charge in [0.15, 0.2) is 0 Å². The molecule has 0 unspecified atom stereocenters. The van der Waals surface area contributed by atoms with Crippen LogP contribution in [0.5, 0.6) is 17.6 Å². The summed E-state index contributed by atoms with van der Waals surface area (Å²) in [5, 5.41) is 4.58. The van der Waals surface area contributed by atoms with Gasteiger partial charge in [-0.1, -0.05) is 0 Å². The molecule has 3 aromatic rings. The van der Waals surface area contributed by atoms with E-state index in [4.69, 9.17) is 14.2 Å². The third-order valence-electron chi connectivity index (χ3n) is 4.98. The van der Waals surface area contributed by atoms with E-state index in [0.29, 0.717) is 36.8 Å². The van der Waals surface area contributed by atoms with Crippen molar-refractivity contribution in [3.05, 3.63) is 53.2 Å². The molecule has 0 aliphatic carbocycles. The van der Waals surface area contributed by atoms with E-state index in [1.165, 1.54) is 14.2 Å². The summed E-state index contributed by atoms with van der Waals surface area (Å²) in [6.45, 7) is 1.25. The summed E-state index contributed by atoms with van der Waals surface area (Å²) >= 11 is 0. The molecule has 0 N–H and O–H groups in total. The first-order chi connectivity index (χ1) is 14.6. The largest absolute Gasteiger partial charge is 0.481 e. The van der Waals surface area contributed by atoms with Crippen molar-refractivity contribution in [2.24, 2.45) is 7.05 Å². The molecule has 0 atom stereocenters. The molecule has 0 fully saturated rings. The molecular formula is C20H22N6O4. The molecule has 0 spiro atoms. The minimum absolute atomic E-state index is 0.155. The van der Waals surface area contributed by atoms with Gasteiger partial charge in [-0.05, 0) is 6.07 Å². The number of amides is 1. The first-order valence-electron chi connectivity index (χ1n) is 9.41. The van der Waals surface area contributed by atoms with Crippen molar-refractivity contribution in [1.29, 1.82) is 0 Å². The molecule has 4 rings (SSSR count). The van der Waals surface area contributed by atoms with Crippen LogP contribution in [0.4, 0.5) is 0 Å². The lowest BCUT2D eigenvalue weighted by molar-refractivity contribution is 0.0728. The van der Waals surface area contributed by atoms with Crippen molar-refractivity contribution in [2.75, 3.05) is 20.8 Å². The second-order valence-corrected chi connectivity index (χ2v) is 6.72. The third kappa shape index (κ3) is 3.76. The molecule has 3 aromatic heterocycles. The topological polar surface area (TPSA) is 104 Å². The van der Waals surface area contributed by atoms with E-state index in [-0.39, 0.29) is 18.4 Å². The van der Waals surface area contributed by atoms with Crippen LogP contribution in [0.3, 0.4) is 0 Å². The second kappa shape index (κ2) is 8.36. The Morgan fingerprint density at radius 3 is 2.77 bits per heavy atom. The zero-order valence-corrected chi connectivity index (χ0v) is 17.0. The molecular weight excluding hydrogens is 388 g/mol. The molecule has 0 radical (unpaired) electrons. The SMILES string of the molecule is COc1ccc(C(=O)N2CCc3c(c(COc4cnccn4)nn3C)C2)c(OC)n1.